The van der Waals surface area contributed by atoms with Crippen LogP contribution in [-0.4, -0.2) is 42.5 Å². The van der Waals surface area contributed by atoms with Crippen molar-refractivity contribution in [2.75, 3.05) is 13.3 Å². The number of aliphatic imine (C=N–C) groups is 1. The number of hydrogen-bond acceptors (Lipinski definition) is 6. The van der Waals surface area contributed by atoms with Crippen LogP contribution in [-0.2, 0) is 22.6 Å². The van der Waals surface area contributed by atoms with Crippen molar-refractivity contribution in [2.45, 2.75) is 57.1 Å². The summed E-state index contributed by atoms with van der Waals surface area (Å²) >= 11 is 3.62. The number of hydrogen-bond donors (Lipinski definition) is 2. The molecule has 1 aliphatic rings. The van der Waals surface area contributed by atoms with Crippen molar-refractivity contribution in [1.29, 1.82) is 0 Å². The molecule has 0 aliphatic carbocycles. The highest BCUT2D eigenvalue weighted by Crippen LogP contribution is 2.34. The molecule has 0 saturated carbocycles. The molecule has 0 unspecified atom stereocenters. The van der Waals surface area contributed by atoms with Crippen LogP contribution in [0.15, 0.2) is 87.3 Å². The molecule has 1 aromatic carbocycles. The van der Waals surface area contributed by atoms with Crippen molar-refractivity contribution in [3.8, 4) is 5.75 Å². The number of phenolic OH excluding ortho intramolecular Hbond substituents is 1. The molecule has 0 spiro atoms. The zero-order chi connectivity index (χ0) is 30.8. The maximum Gasteiger partial charge on any atom is 0.416 e. The van der Waals surface area contributed by atoms with Gasteiger partial charge in [-0.05, 0) is 64.5 Å². The molecule has 0 amide bonds. The van der Waals surface area contributed by atoms with E-state index >= 15 is 0 Å². The molecule has 0 atom stereocenters. The van der Waals surface area contributed by atoms with E-state index in [1.54, 1.807) is 6.20 Å². The molecule has 41 heavy (non-hydrogen) atoms. The Labute approximate surface area is 248 Å². The summed E-state index contributed by atoms with van der Waals surface area (Å²) < 4.78 is 59.3. The Bertz CT molecular complexity index is 1390. The minimum Gasteiger partial charge on any atom is -0.507 e. The van der Waals surface area contributed by atoms with Crippen LogP contribution >= 0.6 is 15.9 Å². The highest BCUT2D eigenvalue weighted by molar-refractivity contribution is 9.11. The Morgan fingerprint density at radius 2 is 1.90 bits per heavy atom. The molecule has 1 aromatic heterocycles. The van der Waals surface area contributed by atoms with Crippen molar-refractivity contribution in [2.24, 2.45) is 10.9 Å². The van der Waals surface area contributed by atoms with Gasteiger partial charge in [0.25, 0.3) is 0 Å². The second kappa shape index (κ2) is 15.2. The van der Waals surface area contributed by atoms with Crippen LogP contribution in [0.4, 0.5) is 13.2 Å². The number of pyridine rings is 1. The normalized spacial score (nSPS) is 16.1. The van der Waals surface area contributed by atoms with Crippen molar-refractivity contribution in [3.63, 3.8) is 0 Å². The van der Waals surface area contributed by atoms with E-state index in [0.717, 1.165) is 34.0 Å². The molecule has 0 saturated heterocycles. The van der Waals surface area contributed by atoms with Crippen LogP contribution in [0, 0.1) is 5.92 Å². The average molecular weight is 658 g/mol. The molecular weight excluding hydrogens is 621 g/mol. The van der Waals surface area contributed by atoms with Crippen molar-refractivity contribution in [3.05, 3.63) is 88.6 Å². The lowest BCUT2D eigenvalue weighted by atomic mass is 9.93. The van der Waals surface area contributed by atoms with E-state index in [1.807, 2.05) is 25.4 Å². The minimum absolute atomic E-state index is 0.385. The molecule has 0 fully saturated rings. The van der Waals surface area contributed by atoms with E-state index in [4.69, 9.17) is 10.1 Å². The number of allylic oxidation sites excluding steroid dienone is 3. The van der Waals surface area contributed by atoms with E-state index in [2.05, 4.69) is 63.7 Å². The number of aromatic nitrogens is 1. The van der Waals surface area contributed by atoms with Crippen molar-refractivity contribution in [1.82, 2.24) is 15.2 Å². The maximum atomic E-state index is 12.1. The number of halogens is 4. The van der Waals surface area contributed by atoms with Gasteiger partial charge in [-0.3, -0.25) is 9.98 Å². The number of phenols is 1. The predicted molar refractivity (Wildman–Crippen MR) is 160 cm³/mol. The lowest BCUT2D eigenvalue weighted by Gasteiger charge is -2.34. The molecule has 12 heteroatoms. The maximum absolute atomic E-state index is 12.1. The summed E-state index contributed by atoms with van der Waals surface area (Å²) in [6.07, 6.45) is 8.54. The number of nitrogens with one attached hydrogen (secondary N) is 1. The number of benzene rings is 1. The fraction of sp³-hybridized carbons (Fsp3) is 0.379. The molecule has 1 aliphatic heterocycles. The molecule has 0 radical (unpaired) electrons. The third kappa shape index (κ3) is 10.0. The topological polar surface area (TPSA) is 94.9 Å². The third-order valence-electron chi connectivity index (χ3n) is 6.18. The summed E-state index contributed by atoms with van der Waals surface area (Å²) in [6, 6.07) is 5.72. The van der Waals surface area contributed by atoms with Crippen LogP contribution in [0.1, 0.15) is 50.7 Å². The fourth-order valence-electron chi connectivity index (χ4n) is 4.12. The summed E-state index contributed by atoms with van der Waals surface area (Å²) in [5.74, 6) is 1.56. The summed E-state index contributed by atoms with van der Waals surface area (Å²) in [4.78, 5) is 10.6. The van der Waals surface area contributed by atoms with E-state index in [1.165, 1.54) is 31.4 Å². The van der Waals surface area contributed by atoms with Gasteiger partial charge >= 0.3 is 6.18 Å². The summed E-state index contributed by atoms with van der Waals surface area (Å²) in [5, 5.41) is 12.7. The van der Waals surface area contributed by atoms with Crippen LogP contribution in [0.3, 0.4) is 0 Å². The van der Waals surface area contributed by atoms with Gasteiger partial charge in [0.2, 0.25) is 0 Å². The van der Waals surface area contributed by atoms with Gasteiger partial charge in [-0.15, -0.1) is 0 Å². The Hall–Kier alpha value is -3.12. The molecule has 3 rings (SSSR count). The van der Waals surface area contributed by atoms with Gasteiger partial charge in [0.1, 0.15) is 22.3 Å². The van der Waals surface area contributed by atoms with Crippen LogP contribution < -0.4 is 5.32 Å². The van der Waals surface area contributed by atoms with Gasteiger partial charge in [-0.2, -0.15) is 13.2 Å². The van der Waals surface area contributed by atoms with Gasteiger partial charge in [-0.1, -0.05) is 45.4 Å². The van der Waals surface area contributed by atoms with E-state index in [0.29, 0.717) is 24.6 Å². The SMILES string of the molecule is C=C/C(Br)=C1/NC(C(CCC)CCC)=CC(=NCc2cccnc2)N1C.CS(=O)(=O)c1ccc(C(F)(F)F)cc1O. The van der Waals surface area contributed by atoms with Crippen molar-refractivity contribution < 1.29 is 26.7 Å². The zero-order valence-corrected chi connectivity index (χ0v) is 25.9. The number of likely N-dealkylation sites (N-methyl/N-ethyl adjacent to an activating group) is 1. The largest absolute Gasteiger partial charge is 0.507 e. The standard InChI is InChI=1S/C21H29BrN4.C8H7F3O3S/c1-5-9-17(10-6-2)19-13-20(24-15-16-11-8-12-23-14-16)26(4)21(25-19)18(22)7-3;1-15(13,14)7-3-2-5(4-6(7)12)8(9,10)11/h7-8,11-14,17,25H,3,5-6,9-10,15H2,1-2,4H3;2-4,12H,1H3/b21-18+,24-20?;. The van der Waals surface area contributed by atoms with E-state index < -0.39 is 32.2 Å². The number of sulfone groups is 1. The Morgan fingerprint density at radius 1 is 1.24 bits per heavy atom. The molecule has 2 N–H and O–H groups in total. The minimum atomic E-state index is -4.60. The van der Waals surface area contributed by atoms with Crippen LogP contribution in [0.25, 0.3) is 0 Å². The number of aromatic hydroxyl groups is 1. The van der Waals surface area contributed by atoms with Gasteiger partial charge < -0.3 is 15.3 Å². The number of rotatable bonds is 9. The molecule has 2 aromatic rings. The predicted octanol–water partition coefficient (Wildman–Crippen LogP) is 7.18. The Balaban J connectivity index is 0.000000333. The molecular formula is C29H36BrF3N4O3S. The summed E-state index contributed by atoms with van der Waals surface area (Å²) in [7, 11) is -1.69. The second-order valence-electron chi connectivity index (χ2n) is 9.45. The van der Waals surface area contributed by atoms with Gasteiger partial charge in [0.05, 0.1) is 16.6 Å². The monoisotopic (exact) mass is 656 g/mol. The van der Waals surface area contributed by atoms with Gasteiger partial charge in [0, 0.05) is 37.5 Å². The lowest BCUT2D eigenvalue weighted by Crippen LogP contribution is -2.40. The number of alkyl halides is 3. The first-order chi connectivity index (χ1) is 19.2. The lowest BCUT2D eigenvalue weighted by molar-refractivity contribution is -0.137. The first-order valence-electron chi connectivity index (χ1n) is 13.0. The Kier molecular flexibility index (Phi) is 12.6. The summed E-state index contributed by atoms with van der Waals surface area (Å²) in [5.41, 5.74) is 1.26. The van der Waals surface area contributed by atoms with Crippen LogP contribution in [0.5, 0.6) is 5.75 Å². The highest BCUT2D eigenvalue weighted by atomic mass is 79.9. The Morgan fingerprint density at radius 3 is 2.39 bits per heavy atom. The zero-order valence-electron chi connectivity index (χ0n) is 23.5. The average Bonchev–Trinajstić information content (AvgIpc) is 2.91. The fourth-order valence-corrected chi connectivity index (χ4v) is 5.24. The molecule has 7 nitrogen and oxygen atoms in total. The van der Waals surface area contributed by atoms with E-state index in [-0.39, 0.29) is 0 Å². The number of nitrogens with zero attached hydrogens (tertiary/aromatic N) is 3. The summed E-state index contributed by atoms with van der Waals surface area (Å²) in [6.45, 7) is 8.99. The van der Waals surface area contributed by atoms with Gasteiger partial charge in [0.15, 0.2) is 9.84 Å². The van der Waals surface area contributed by atoms with E-state index in [9.17, 15) is 21.6 Å². The molecule has 224 valence electrons. The first kappa shape index (κ1) is 34.1. The van der Waals surface area contributed by atoms with Crippen molar-refractivity contribution >= 4 is 31.6 Å². The van der Waals surface area contributed by atoms with Crippen LogP contribution in [0.2, 0.25) is 0 Å². The smallest absolute Gasteiger partial charge is 0.416 e. The second-order valence-corrected chi connectivity index (χ2v) is 12.3. The molecule has 2 heterocycles. The third-order valence-corrected chi connectivity index (χ3v) is 8.02. The highest BCUT2D eigenvalue weighted by Gasteiger charge is 2.32. The molecule has 0 bridgehead atoms. The van der Waals surface area contributed by atoms with Gasteiger partial charge in [-0.25, -0.2) is 8.42 Å². The first-order valence-corrected chi connectivity index (χ1v) is 15.7. The quantitative estimate of drug-likeness (QED) is 0.297. The number of amidine groups is 1.